The molecule has 2 nitrogen and oxygen atoms in total. The van der Waals surface area contributed by atoms with E-state index in [1.54, 1.807) is 12.1 Å². The zero-order chi connectivity index (χ0) is 15.9. The molecular weight excluding hydrogens is 282 g/mol. The van der Waals surface area contributed by atoms with Gasteiger partial charge in [0.2, 0.25) is 0 Å². The van der Waals surface area contributed by atoms with Crippen molar-refractivity contribution >= 4 is 17.7 Å². The quantitative estimate of drug-likeness (QED) is 0.407. The molecular formula is C21H15NO-. The van der Waals surface area contributed by atoms with Gasteiger partial charge in [0.15, 0.2) is 0 Å². The summed E-state index contributed by atoms with van der Waals surface area (Å²) in [6.45, 7) is 0. The van der Waals surface area contributed by atoms with Crippen LogP contribution in [0, 0.1) is 6.08 Å². The average molecular weight is 297 g/mol. The minimum absolute atomic E-state index is 0.244. The standard InChI is InChI=1S/C21H16NO/c23-21(19-12-5-2-6-13-19)22-20-14-8-7-11-18(20)16-15-17-9-3-1-4-10-17/h1-14,16H,(H,22,23)/p-1. The van der Waals surface area contributed by atoms with E-state index in [-0.39, 0.29) is 5.90 Å². The zero-order valence-corrected chi connectivity index (χ0v) is 12.5. The Kier molecular flexibility index (Phi) is 4.65. The van der Waals surface area contributed by atoms with Crippen molar-refractivity contribution in [3.8, 4) is 0 Å². The molecule has 0 amide bonds. The minimum atomic E-state index is -0.244. The fourth-order valence-corrected chi connectivity index (χ4v) is 2.16. The maximum absolute atomic E-state index is 12.2. The fourth-order valence-electron chi connectivity index (χ4n) is 2.16. The monoisotopic (exact) mass is 297 g/mol. The van der Waals surface area contributed by atoms with E-state index in [4.69, 9.17) is 0 Å². The summed E-state index contributed by atoms with van der Waals surface area (Å²) in [5.74, 6) is -0.244. The van der Waals surface area contributed by atoms with Crippen molar-refractivity contribution in [3.63, 3.8) is 0 Å². The second-order valence-electron chi connectivity index (χ2n) is 5.00. The Morgan fingerprint density at radius 2 is 1.39 bits per heavy atom. The van der Waals surface area contributed by atoms with Crippen LogP contribution in [0.15, 0.2) is 89.9 Å². The summed E-state index contributed by atoms with van der Waals surface area (Å²) in [6.07, 6.45) is 5.07. The first-order valence-corrected chi connectivity index (χ1v) is 7.38. The van der Waals surface area contributed by atoms with Gasteiger partial charge in [-0.1, -0.05) is 78.9 Å². The molecule has 3 rings (SSSR count). The molecule has 0 unspecified atom stereocenters. The Morgan fingerprint density at radius 1 is 0.783 bits per heavy atom. The van der Waals surface area contributed by atoms with E-state index in [0.29, 0.717) is 11.3 Å². The molecule has 0 saturated heterocycles. The summed E-state index contributed by atoms with van der Waals surface area (Å²) < 4.78 is 0. The van der Waals surface area contributed by atoms with Crippen LogP contribution in [0.3, 0.4) is 0 Å². The molecule has 0 spiro atoms. The van der Waals surface area contributed by atoms with Gasteiger partial charge in [0, 0.05) is 5.56 Å². The van der Waals surface area contributed by atoms with E-state index in [2.05, 4.69) is 11.1 Å². The lowest BCUT2D eigenvalue weighted by Gasteiger charge is -2.11. The number of hydrogen-bond acceptors (Lipinski definition) is 2. The third-order valence-electron chi connectivity index (χ3n) is 3.35. The highest BCUT2D eigenvalue weighted by atomic mass is 16.3. The molecule has 1 radical (unpaired) electrons. The normalized spacial score (nSPS) is 11.7. The number of para-hydroxylation sites is 1. The van der Waals surface area contributed by atoms with E-state index < -0.39 is 0 Å². The number of nitrogens with zero attached hydrogens (tertiary/aromatic N) is 1. The van der Waals surface area contributed by atoms with Crippen LogP contribution in [0.2, 0.25) is 0 Å². The molecule has 0 aliphatic carbocycles. The van der Waals surface area contributed by atoms with Gasteiger partial charge in [0.1, 0.15) is 0 Å². The maximum atomic E-state index is 12.2. The largest absolute Gasteiger partial charge is 0.858 e. The van der Waals surface area contributed by atoms with Gasteiger partial charge in [-0.25, -0.2) is 0 Å². The van der Waals surface area contributed by atoms with Crippen molar-refractivity contribution in [1.29, 1.82) is 0 Å². The molecule has 0 N–H and O–H groups in total. The van der Waals surface area contributed by atoms with Crippen LogP contribution in [0.1, 0.15) is 16.7 Å². The second kappa shape index (κ2) is 7.23. The Labute approximate surface area is 136 Å². The second-order valence-corrected chi connectivity index (χ2v) is 5.00. The van der Waals surface area contributed by atoms with Crippen LogP contribution >= 0.6 is 0 Å². The summed E-state index contributed by atoms with van der Waals surface area (Å²) in [6, 6.07) is 26.5. The van der Waals surface area contributed by atoms with E-state index in [1.807, 2.05) is 78.9 Å². The van der Waals surface area contributed by atoms with E-state index in [1.165, 1.54) is 0 Å². The molecule has 0 heterocycles. The van der Waals surface area contributed by atoms with Crippen LogP contribution in [0.25, 0.3) is 6.08 Å². The number of aliphatic imine (C=N–C) groups is 1. The number of rotatable bonds is 4. The SMILES string of the molecule is [O-]C(=Nc1ccccc1C=[C]c1ccccc1)c1ccccc1. The molecule has 3 aromatic rings. The zero-order valence-electron chi connectivity index (χ0n) is 12.5. The van der Waals surface area contributed by atoms with Gasteiger partial charge in [0.05, 0.1) is 5.69 Å². The summed E-state index contributed by atoms with van der Waals surface area (Å²) in [7, 11) is 0. The highest BCUT2D eigenvalue weighted by molar-refractivity contribution is 5.93. The van der Waals surface area contributed by atoms with E-state index >= 15 is 0 Å². The van der Waals surface area contributed by atoms with Crippen molar-refractivity contribution in [2.75, 3.05) is 0 Å². The Hall–Kier alpha value is -3.13. The van der Waals surface area contributed by atoms with E-state index in [0.717, 1.165) is 11.1 Å². The first kappa shape index (κ1) is 14.8. The molecule has 0 aliphatic heterocycles. The van der Waals surface area contributed by atoms with Crippen molar-refractivity contribution < 1.29 is 5.11 Å². The minimum Gasteiger partial charge on any atom is -0.858 e. The molecule has 23 heavy (non-hydrogen) atoms. The lowest BCUT2D eigenvalue weighted by atomic mass is 10.1. The topological polar surface area (TPSA) is 35.4 Å². The summed E-state index contributed by atoms with van der Waals surface area (Å²) >= 11 is 0. The lowest BCUT2D eigenvalue weighted by Crippen LogP contribution is -2.18. The van der Waals surface area contributed by atoms with Crippen LogP contribution in [0.5, 0.6) is 0 Å². The molecule has 2 heteroatoms. The molecule has 0 aromatic heterocycles. The van der Waals surface area contributed by atoms with Crippen molar-refractivity contribution in [2.45, 2.75) is 0 Å². The van der Waals surface area contributed by atoms with Gasteiger partial charge < -0.3 is 5.11 Å². The highest BCUT2D eigenvalue weighted by Crippen LogP contribution is 2.21. The lowest BCUT2D eigenvalue weighted by molar-refractivity contribution is -0.212. The van der Waals surface area contributed by atoms with Gasteiger partial charge in [0.25, 0.3) is 0 Å². The molecule has 0 bridgehead atoms. The third kappa shape index (κ3) is 3.95. The van der Waals surface area contributed by atoms with Crippen molar-refractivity contribution in [2.24, 2.45) is 4.99 Å². The molecule has 0 saturated carbocycles. The van der Waals surface area contributed by atoms with Crippen LogP contribution < -0.4 is 5.11 Å². The van der Waals surface area contributed by atoms with Gasteiger partial charge in [-0.15, -0.1) is 0 Å². The van der Waals surface area contributed by atoms with Crippen molar-refractivity contribution in [1.82, 2.24) is 0 Å². The number of benzene rings is 3. The fraction of sp³-hybridized carbons (Fsp3) is 0. The predicted octanol–water partition coefficient (Wildman–Crippen LogP) is 3.99. The summed E-state index contributed by atoms with van der Waals surface area (Å²) in [4.78, 5) is 4.23. The van der Waals surface area contributed by atoms with Crippen LogP contribution in [-0.4, -0.2) is 5.90 Å². The smallest absolute Gasteiger partial charge is 0.0695 e. The first-order valence-electron chi connectivity index (χ1n) is 7.38. The predicted molar refractivity (Wildman–Crippen MR) is 92.3 cm³/mol. The summed E-state index contributed by atoms with van der Waals surface area (Å²) in [5, 5.41) is 12.2. The number of hydrogen-bond donors (Lipinski definition) is 0. The third-order valence-corrected chi connectivity index (χ3v) is 3.35. The molecule has 0 fully saturated rings. The average Bonchev–Trinajstić information content (AvgIpc) is 2.62. The van der Waals surface area contributed by atoms with Crippen LogP contribution in [-0.2, 0) is 0 Å². The molecule has 3 aromatic carbocycles. The molecule has 0 aliphatic rings. The Morgan fingerprint density at radius 3 is 2.13 bits per heavy atom. The van der Waals surface area contributed by atoms with Crippen molar-refractivity contribution in [3.05, 3.63) is 108 Å². The molecule has 0 atom stereocenters. The first-order chi connectivity index (χ1) is 11.3. The Bertz CT molecular complexity index is 821. The van der Waals surface area contributed by atoms with Crippen LogP contribution in [0.4, 0.5) is 5.69 Å². The Balaban J connectivity index is 1.91. The summed E-state index contributed by atoms with van der Waals surface area (Å²) in [5.41, 5.74) is 3.07. The van der Waals surface area contributed by atoms with Gasteiger partial charge >= 0.3 is 0 Å². The van der Waals surface area contributed by atoms with Gasteiger partial charge in [-0.2, -0.15) is 0 Å². The highest BCUT2D eigenvalue weighted by Gasteiger charge is 1.98. The van der Waals surface area contributed by atoms with Gasteiger partial charge in [-0.05, 0) is 35.2 Å². The maximum Gasteiger partial charge on any atom is 0.0695 e. The van der Waals surface area contributed by atoms with E-state index in [9.17, 15) is 5.11 Å². The molecule has 111 valence electrons. The van der Waals surface area contributed by atoms with Gasteiger partial charge in [-0.3, -0.25) is 4.99 Å².